The molecule has 1 fully saturated rings. The maximum absolute atomic E-state index is 5.41. The Labute approximate surface area is 167 Å². The molecule has 0 amide bonds. The van der Waals surface area contributed by atoms with Gasteiger partial charge in [0.05, 0.1) is 7.11 Å². The van der Waals surface area contributed by atoms with Crippen LogP contribution in [0.2, 0.25) is 0 Å². The van der Waals surface area contributed by atoms with Crippen molar-refractivity contribution in [1.29, 1.82) is 0 Å². The van der Waals surface area contributed by atoms with E-state index in [9.17, 15) is 0 Å². The fourth-order valence-corrected chi connectivity index (χ4v) is 3.97. The summed E-state index contributed by atoms with van der Waals surface area (Å²) in [4.78, 5) is 11.7. The fourth-order valence-electron chi connectivity index (χ4n) is 3.97. The zero-order valence-electron chi connectivity index (χ0n) is 16.9. The predicted octanol–water partition coefficient (Wildman–Crippen LogP) is 3.58. The first-order valence-electron chi connectivity index (χ1n) is 10.0. The van der Waals surface area contributed by atoms with Crippen LogP contribution in [0.25, 0.3) is 0 Å². The minimum absolute atomic E-state index is 0.396. The lowest BCUT2D eigenvalue weighted by Crippen LogP contribution is -2.45. The van der Waals surface area contributed by atoms with Gasteiger partial charge in [-0.05, 0) is 68.6 Å². The zero-order valence-corrected chi connectivity index (χ0v) is 16.9. The normalized spacial score (nSPS) is 21.1. The molecule has 28 heavy (non-hydrogen) atoms. The third-order valence-corrected chi connectivity index (χ3v) is 5.28. The number of nitrogens with zero attached hydrogens (tertiary/aromatic N) is 3. The topological polar surface area (TPSA) is 75.2 Å². The number of nitrogens with two attached hydrogens (primary N) is 1. The van der Waals surface area contributed by atoms with E-state index in [1.54, 1.807) is 19.4 Å². The number of piperidine rings is 1. The summed E-state index contributed by atoms with van der Waals surface area (Å²) >= 11 is 0. The summed E-state index contributed by atoms with van der Waals surface area (Å²) in [5.41, 5.74) is 8.97. The number of likely N-dealkylation sites (tertiary alicyclic amines) is 1. The molecule has 0 bridgehead atoms. The molecule has 1 aromatic carbocycles. The minimum Gasteiger partial charge on any atom is -0.497 e. The van der Waals surface area contributed by atoms with Crippen LogP contribution in [0.1, 0.15) is 32.1 Å². The van der Waals surface area contributed by atoms with Gasteiger partial charge in [0.15, 0.2) is 0 Å². The third-order valence-electron chi connectivity index (χ3n) is 5.28. The average molecular weight is 382 g/mol. The Kier molecular flexibility index (Phi) is 7.12. The minimum atomic E-state index is 0.396. The first kappa shape index (κ1) is 20.0. The smallest absolute Gasteiger partial charge is 0.128 e. The van der Waals surface area contributed by atoms with E-state index >= 15 is 0 Å². The lowest BCUT2D eigenvalue weighted by molar-refractivity contribution is 0.320. The van der Waals surface area contributed by atoms with Gasteiger partial charge in [0.1, 0.15) is 11.6 Å². The number of benzene rings is 1. The number of methoxy groups -OCH3 is 1. The molecule has 6 nitrogen and oxygen atoms in total. The molecule has 2 aliphatic rings. The van der Waals surface area contributed by atoms with Gasteiger partial charge in [-0.25, -0.2) is 0 Å². The van der Waals surface area contributed by atoms with E-state index < -0.39 is 0 Å². The summed E-state index contributed by atoms with van der Waals surface area (Å²) in [6.45, 7) is 1.98. The van der Waals surface area contributed by atoms with E-state index in [0.717, 1.165) is 68.2 Å². The van der Waals surface area contributed by atoms with Crippen LogP contribution in [0.5, 0.6) is 5.75 Å². The molecule has 1 aliphatic carbocycles. The summed E-state index contributed by atoms with van der Waals surface area (Å²) in [6.07, 6.45) is 10.5. The van der Waals surface area contributed by atoms with Crippen molar-refractivity contribution in [3.8, 4) is 5.75 Å². The molecule has 1 aliphatic heterocycles. The van der Waals surface area contributed by atoms with E-state index in [-0.39, 0.29) is 0 Å². The van der Waals surface area contributed by atoms with Crippen LogP contribution in [-0.4, -0.2) is 50.2 Å². The van der Waals surface area contributed by atoms with Crippen LogP contribution in [0, 0.1) is 0 Å². The number of ether oxygens (including phenoxy) is 1. The molecule has 6 heteroatoms. The Balaban J connectivity index is 1.70. The molecule has 1 atom stereocenters. The monoisotopic (exact) mass is 381 g/mol. The summed E-state index contributed by atoms with van der Waals surface area (Å²) in [6, 6.07) is 8.53. The predicted molar refractivity (Wildman–Crippen MR) is 117 cm³/mol. The van der Waals surface area contributed by atoms with Gasteiger partial charge < -0.3 is 20.7 Å². The highest BCUT2D eigenvalue weighted by Gasteiger charge is 2.27. The highest BCUT2D eigenvalue weighted by atomic mass is 16.5. The Bertz CT molecular complexity index is 764. The average Bonchev–Trinajstić information content (AvgIpc) is 3.18. The summed E-state index contributed by atoms with van der Waals surface area (Å²) in [7, 11) is 3.58. The van der Waals surface area contributed by atoms with Crippen LogP contribution in [0.3, 0.4) is 0 Å². The second-order valence-corrected chi connectivity index (χ2v) is 7.15. The van der Waals surface area contributed by atoms with Gasteiger partial charge in [0, 0.05) is 49.4 Å². The van der Waals surface area contributed by atoms with E-state index in [0.29, 0.717) is 6.04 Å². The molecular weight excluding hydrogens is 350 g/mol. The van der Waals surface area contributed by atoms with Crippen molar-refractivity contribution in [3.63, 3.8) is 0 Å². The van der Waals surface area contributed by atoms with Gasteiger partial charge in [-0.3, -0.25) is 9.98 Å². The van der Waals surface area contributed by atoms with Gasteiger partial charge in [0.2, 0.25) is 0 Å². The van der Waals surface area contributed by atoms with Crippen molar-refractivity contribution in [1.82, 2.24) is 4.90 Å². The van der Waals surface area contributed by atoms with E-state index in [4.69, 9.17) is 10.5 Å². The van der Waals surface area contributed by atoms with E-state index in [1.165, 1.54) is 11.8 Å². The van der Waals surface area contributed by atoms with Crippen LogP contribution < -0.4 is 15.8 Å². The number of aliphatic imine (C=N–C) groups is 2. The van der Waals surface area contributed by atoms with E-state index in [2.05, 4.69) is 32.3 Å². The summed E-state index contributed by atoms with van der Waals surface area (Å²) in [5.74, 6) is 1.98. The van der Waals surface area contributed by atoms with Crippen molar-refractivity contribution in [3.05, 3.63) is 47.8 Å². The first-order chi connectivity index (χ1) is 13.7. The van der Waals surface area contributed by atoms with Gasteiger partial charge in [0.25, 0.3) is 0 Å². The van der Waals surface area contributed by atoms with Crippen molar-refractivity contribution < 1.29 is 4.74 Å². The maximum atomic E-state index is 5.41. The van der Waals surface area contributed by atoms with Gasteiger partial charge in [-0.2, -0.15) is 0 Å². The molecule has 1 heterocycles. The van der Waals surface area contributed by atoms with Crippen molar-refractivity contribution in [2.45, 2.75) is 38.1 Å². The molecular formula is C22H31N5O. The highest BCUT2D eigenvalue weighted by molar-refractivity contribution is 5.99. The van der Waals surface area contributed by atoms with Crippen LogP contribution in [-0.2, 0) is 0 Å². The molecule has 1 saturated heterocycles. The Morgan fingerprint density at radius 3 is 2.79 bits per heavy atom. The largest absolute Gasteiger partial charge is 0.497 e. The lowest BCUT2D eigenvalue weighted by atomic mass is 10.0. The summed E-state index contributed by atoms with van der Waals surface area (Å²) < 4.78 is 5.24. The molecule has 3 N–H and O–H groups in total. The molecule has 0 radical (unpaired) electrons. The van der Waals surface area contributed by atoms with Crippen LogP contribution >= 0.6 is 0 Å². The highest BCUT2D eigenvalue weighted by Crippen LogP contribution is 2.30. The lowest BCUT2D eigenvalue weighted by Gasteiger charge is -2.36. The van der Waals surface area contributed by atoms with Gasteiger partial charge in [-0.15, -0.1) is 0 Å². The number of nitrogens with one attached hydrogen (secondary N) is 1. The van der Waals surface area contributed by atoms with Crippen molar-refractivity contribution in [2.75, 3.05) is 32.6 Å². The molecule has 0 aromatic heterocycles. The van der Waals surface area contributed by atoms with E-state index in [1.807, 2.05) is 19.2 Å². The van der Waals surface area contributed by atoms with Crippen LogP contribution in [0.15, 0.2) is 57.8 Å². The molecule has 1 unspecified atom stereocenters. The number of amidine groups is 1. The number of rotatable bonds is 6. The number of anilines is 1. The van der Waals surface area contributed by atoms with Crippen molar-refractivity contribution >= 4 is 17.7 Å². The standard InChI is InChI=1S/C22H31N5O/c1-24-22(20-7-3-8-21(20)25-14-5-13-23)27-15-4-6-18(16-27)26-17-9-11-19(28-2)12-10-17/h5,9-14,18,26H,3-4,6-8,15-16,23H2,1-2H3. The quantitative estimate of drug-likeness (QED) is 0.583. The summed E-state index contributed by atoms with van der Waals surface area (Å²) in [5, 5.41) is 3.66. The number of allylic oxidation sites excluding steroid dienone is 2. The Morgan fingerprint density at radius 2 is 2.07 bits per heavy atom. The first-order valence-corrected chi connectivity index (χ1v) is 10.0. The number of hydrogen-bond acceptors (Lipinski definition) is 5. The van der Waals surface area contributed by atoms with Gasteiger partial charge in [-0.1, -0.05) is 0 Å². The van der Waals surface area contributed by atoms with Gasteiger partial charge >= 0.3 is 0 Å². The zero-order chi connectivity index (χ0) is 19.8. The molecule has 0 saturated carbocycles. The Morgan fingerprint density at radius 1 is 1.25 bits per heavy atom. The Hall–Kier alpha value is -2.76. The molecule has 0 spiro atoms. The van der Waals surface area contributed by atoms with Crippen LogP contribution in [0.4, 0.5) is 5.69 Å². The second kappa shape index (κ2) is 9.97. The van der Waals surface area contributed by atoms with Crippen molar-refractivity contribution in [2.24, 2.45) is 15.7 Å². The SMILES string of the molecule is CN=C(C1=C(N=CC=CN)CCC1)N1CCCC(Nc2ccc(OC)cc2)C1. The molecule has 3 rings (SSSR count). The maximum Gasteiger partial charge on any atom is 0.128 e. The molecule has 1 aromatic rings. The molecule has 150 valence electrons. The second-order valence-electron chi connectivity index (χ2n) is 7.15. The number of hydrogen-bond donors (Lipinski definition) is 2. The third kappa shape index (κ3) is 4.94. The fraction of sp³-hybridized carbons (Fsp3) is 0.455.